The van der Waals surface area contributed by atoms with Crippen molar-refractivity contribution in [1.82, 2.24) is 15.3 Å². The minimum atomic E-state index is 0.287. The summed E-state index contributed by atoms with van der Waals surface area (Å²) in [6, 6.07) is 8.34. The number of fused-ring (bicyclic) bond motifs is 1. The Morgan fingerprint density at radius 3 is 2.76 bits per heavy atom. The van der Waals surface area contributed by atoms with Crippen LogP contribution in [0.15, 0.2) is 30.5 Å². The molecule has 112 valence electrons. The highest BCUT2D eigenvalue weighted by Gasteiger charge is 2.21. The highest BCUT2D eigenvalue weighted by Crippen LogP contribution is 2.27. The third-order valence-corrected chi connectivity index (χ3v) is 4.18. The van der Waals surface area contributed by atoms with E-state index in [4.69, 9.17) is 9.72 Å². The average Bonchev–Trinajstić information content (AvgIpc) is 2.55. The Morgan fingerprint density at radius 1 is 1.24 bits per heavy atom. The van der Waals surface area contributed by atoms with Gasteiger partial charge in [-0.15, -0.1) is 0 Å². The van der Waals surface area contributed by atoms with Gasteiger partial charge in [0.1, 0.15) is 0 Å². The second kappa shape index (κ2) is 6.96. The lowest BCUT2D eigenvalue weighted by Gasteiger charge is -2.26. The Morgan fingerprint density at radius 2 is 2.00 bits per heavy atom. The molecular weight excluding hydrogens is 262 g/mol. The van der Waals surface area contributed by atoms with E-state index in [9.17, 15) is 0 Å². The monoisotopic (exact) mass is 285 g/mol. The summed E-state index contributed by atoms with van der Waals surface area (Å²) in [5.41, 5.74) is 2.99. The molecule has 21 heavy (non-hydrogen) atoms. The number of benzene rings is 1. The van der Waals surface area contributed by atoms with Gasteiger partial charge in [0.25, 0.3) is 0 Å². The number of nitrogens with zero attached hydrogens (tertiary/aromatic N) is 2. The maximum atomic E-state index is 5.46. The molecule has 0 amide bonds. The Kier molecular flexibility index (Phi) is 4.78. The van der Waals surface area contributed by atoms with Crippen molar-refractivity contribution in [2.24, 2.45) is 5.92 Å². The molecule has 1 fully saturated rings. The number of rotatable bonds is 5. The molecule has 4 nitrogen and oxygen atoms in total. The molecule has 3 rings (SSSR count). The van der Waals surface area contributed by atoms with Crippen molar-refractivity contribution in [3.63, 3.8) is 0 Å². The highest BCUT2D eigenvalue weighted by atomic mass is 16.5. The summed E-state index contributed by atoms with van der Waals surface area (Å²) < 4.78 is 5.46. The minimum Gasteiger partial charge on any atom is -0.381 e. The molecule has 1 saturated heterocycles. The van der Waals surface area contributed by atoms with Crippen LogP contribution in [-0.2, 0) is 4.74 Å². The zero-order valence-corrected chi connectivity index (χ0v) is 12.6. The largest absolute Gasteiger partial charge is 0.381 e. The van der Waals surface area contributed by atoms with Crippen molar-refractivity contribution in [2.45, 2.75) is 32.2 Å². The zero-order chi connectivity index (χ0) is 14.5. The number of hydrogen-bond acceptors (Lipinski definition) is 4. The van der Waals surface area contributed by atoms with E-state index in [1.807, 2.05) is 30.5 Å². The third kappa shape index (κ3) is 3.57. The van der Waals surface area contributed by atoms with Crippen LogP contribution in [-0.4, -0.2) is 29.7 Å². The number of ether oxygens (including phenoxy) is 1. The molecule has 0 spiro atoms. The molecule has 1 unspecified atom stereocenters. The fourth-order valence-electron chi connectivity index (χ4n) is 3.01. The van der Waals surface area contributed by atoms with Gasteiger partial charge in [0.05, 0.1) is 29.0 Å². The van der Waals surface area contributed by atoms with Crippen LogP contribution in [0.5, 0.6) is 0 Å². The van der Waals surface area contributed by atoms with Gasteiger partial charge in [0.15, 0.2) is 0 Å². The van der Waals surface area contributed by atoms with Gasteiger partial charge >= 0.3 is 0 Å². The fourth-order valence-corrected chi connectivity index (χ4v) is 3.01. The lowest BCUT2D eigenvalue weighted by molar-refractivity contribution is 0.0604. The fraction of sp³-hybridized carbons (Fsp3) is 0.529. The van der Waals surface area contributed by atoms with E-state index in [2.05, 4.69) is 17.2 Å². The van der Waals surface area contributed by atoms with E-state index < -0.39 is 0 Å². The highest BCUT2D eigenvalue weighted by molar-refractivity contribution is 5.73. The summed E-state index contributed by atoms with van der Waals surface area (Å²) in [7, 11) is 0. The van der Waals surface area contributed by atoms with E-state index >= 15 is 0 Å². The summed E-state index contributed by atoms with van der Waals surface area (Å²) in [5, 5.41) is 3.57. The van der Waals surface area contributed by atoms with Gasteiger partial charge in [-0.2, -0.15) is 0 Å². The van der Waals surface area contributed by atoms with Crippen LogP contribution >= 0.6 is 0 Å². The van der Waals surface area contributed by atoms with Gasteiger partial charge in [0.2, 0.25) is 0 Å². The molecule has 1 aromatic heterocycles. The van der Waals surface area contributed by atoms with Crippen molar-refractivity contribution in [1.29, 1.82) is 0 Å². The molecule has 0 saturated carbocycles. The van der Waals surface area contributed by atoms with Crippen molar-refractivity contribution >= 4 is 11.0 Å². The van der Waals surface area contributed by atoms with E-state index in [-0.39, 0.29) is 6.04 Å². The lowest BCUT2D eigenvalue weighted by Crippen LogP contribution is -2.27. The molecular formula is C17H23N3O. The first kappa shape index (κ1) is 14.4. The Labute approximate surface area is 125 Å². The van der Waals surface area contributed by atoms with Crippen LogP contribution in [0.2, 0.25) is 0 Å². The predicted molar refractivity (Wildman–Crippen MR) is 84.1 cm³/mol. The van der Waals surface area contributed by atoms with Gasteiger partial charge in [-0.25, -0.2) is 4.98 Å². The lowest BCUT2D eigenvalue weighted by atomic mass is 9.91. The van der Waals surface area contributed by atoms with Crippen molar-refractivity contribution < 1.29 is 4.74 Å². The molecule has 1 aliphatic heterocycles. The first-order valence-corrected chi connectivity index (χ1v) is 7.89. The van der Waals surface area contributed by atoms with E-state index in [1.54, 1.807) is 0 Å². The number of nitrogens with one attached hydrogen (secondary N) is 1. The van der Waals surface area contributed by atoms with Crippen LogP contribution in [0.1, 0.15) is 37.9 Å². The molecule has 1 N–H and O–H groups in total. The Bertz CT molecular complexity index is 581. The predicted octanol–water partition coefficient (Wildman–Crippen LogP) is 3.10. The van der Waals surface area contributed by atoms with Crippen LogP contribution < -0.4 is 5.32 Å². The van der Waals surface area contributed by atoms with Crippen molar-refractivity contribution in [2.75, 3.05) is 19.8 Å². The van der Waals surface area contributed by atoms with E-state index in [0.29, 0.717) is 0 Å². The average molecular weight is 285 g/mol. The van der Waals surface area contributed by atoms with Gasteiger partial charge in [0, 0.05) is 13.2 Å². The van der Waals surface area contributed by atoms with Crippen molar-refractivity contribution in [3.8, 4) is 0 Å². The SMILES string of the molecule is CCNC(CC1CCOCC1)c1cnc2ccccc2n1. The first-order chi connectivity index (χ1) is 10.4. The van der Waals surface area contributed by atoms with Crippen LogP contribution in [0, 0.1) is 5.92 Å². The second-order valence-electron chi connectivity index (χ2n) is 5.69. The number of aromatic nitrogens is 2. The van der Waals surface area contributed by atoms with Crippen LogP contribution in [0.3, 0.4) is 0 Å². The molecule has 1 atom stereocenters. The van der Waals surface area contributed by atoms with Gasteiger partial charge < -0.3 is 10.1 Å². The maximum Gasteiger partial charge on any atom is 0.0890 e. The van der Waals surface area contributed by atoms with E-state index in [1.165, 1.54) is 0 Å². The first-order valence-electron chi connectivity index (χ1n) is 7.89. The minimum absolute atomic E-state index is 0.287. The molecule has 4 heteroatoms. The quantitative estimate of drug-likeness (QED) is 0.917. The summed E-state index contributed by atoms with van der Waals surface area (Å²) in [6.07, 6.45) is 5.35. The van der Waals surface area contributed by atoms with Crippen molar-refractivity contribution in [3.05, 3.63) is 36.2 Å². The molecule has 0 bridgehead atoms. The normalized spacial score (nSPS) is 18.0. The smallest absolute Gasteiger partial charge is 0.0890 e. The summed E-state index contributed by atoms with van der Waals surface area (Å²) in [4.78, 5) is 9.35. The van der Waals surface area contributed by atoms with Gasteiger partial charge in [-0.05, 0) is 43.9 Å². The molecule has 0 aliphatic carbocycles. The van der Waals surface area contributed by atoms with Crippen LogP contribution in [0.25, 0.3) is 11.0 Å². The zero-order valence-electron chi connectivity index (χ0n) is 12.6. The Balaban J connectivity index is 1.80. The summed E-state index contributed by atoms with van der Waals surface area (Å²) >= 11 is 0. The second-order valence-corrected chi connectivity index (χ2v) is 5.69. The summed E-state index contributed by atoms with van der Waals surface area (Å²) in [5.74, 6) is 0.719. The molecule has 0 radical (unpaired) electrons. The van der Waals surface area contributed by atoms with E-state index in [0.717, 1.165) is 61.7 Å². The number of hydrogen-bond donors (Lipinski definition) is 1. The molecule has 1 aliphatic rings. The summed E-state index contributed by atoms with van der Waals surface area (Å²) in [6.45, 7) is 4.88. The number of para-hydroxylation sites is 2. The third-order valence-electron chi connectivity index (χ3n) is 4.18. The Hall–Kier alpha value is -1.52. The van der Waals surface area contributed by atoms with Gasteiger partial charge in [-0.1, -0.05) is 19.1 Å². The topological polar surface area (TPSA) is 47.0 Å². The maximum absolute atomic E-state index is 5.46. The van der Waals surface area contributed by atoms with Gasteiger partial charge in [-0.3, -0.25) is 4.98 Å². The molecule has 1 aromatic carbocycles. The molecule has 2 heterocycles. The van der Waals surface area contributed by atoms with Crippen LogP contribution in [0.4, 0.5) is 0 Å². The molecule has 2 aromatic rings. The standard InChI is InChI=1S/C17H23N3O/c1-2-18-16(11-13-7-9-21-10-8-13)17-12-19-14-5-3-4-6-15(14)20-17/h3-6,12-13,16,18H,2,7-11H2,1H3.